The van der Waals surface area contributed by atoms with Crippen LogP contribution in [0.25, 0.3) is 0 Å². The predicted molar refractivity (Wildman–Crippen MR) is 98.8 cm³/mol. The zero-order chi connectivity index (χ0) is 16.5. The summed E-state index contributed by atoms with van der Waals surface area (Å²) in [6.07, 6.45) is 1.80. The Kier molecular flexibility index (Phi) is 6.48. The first-order chi connectivity index (χ1) is 11.3. The van der Waals surface area contributed by atoms with E-state index in [1.807, 2.05) is 37.3 Å². The van der Waals surface area contributed by atoms with Crippen LogP contribution in [0.3, 0.4) is 0 Å². The first-order valence-corrected chi connectivity index (χ1v) is 8.14. The molecule has 0 saturated carbocycles. The van der Waals surface area contributed by atoms with Crippen molar-refractivity contribution in [2.24, 2.45) is 5.10 Å². The van der Waals surface area contributed by atoms with Crippen LogP contribution in [0.15, 0.2) is 53.6 Å². The van der Waals surface area contributed by atoms with E-state index in [1.165, 1.54) is 5.69 Å². The van der Waals surface area contributed by atoms with Crippen LogP contribution >= 0.6 is 0 Å². The molecule has 0 bridgehead atoms. The van der Waals surface area contributed by atoms with Crippen molar-refractivity contribution >= 4 is 17.6 Å². The molecule has 0 heterocycles. The lowest BCUT2D eigenvalue weighted by molar-refractivity contribution is 0.340. The Morgan fingerprint density at radius 2 is 1.78 bits per heavy atom. The molecule has 0 atom stereocenters. The number of ether oxygens (including phenoxy) is 1. The number of hydrogen-bond donors (Lipinski definition) is 1. The van der Waals surface area contributed by atoms with Gasteiger partial charge in [-0.15, -0.1) is 0 Å². The Balaban J connectivity index is 2.16. The van der Waals surface area contributed by atoms with E-state index in [-0.39, 0.29) is 0 Å². The lowest BCUT2D eigenvalue weighted by Gasteiger charge is -2.22. The van der Waals surface area contributed by atoms with Gasteiger partial charge in [0.15, 0.2) is 0 Å². The van der Waals surface area contributed by atoms with Crippen molar-refractivity contribution < 1.29 is 4.74 Å². The standard InChI is InChI=1S/C19H25N3O/c1-4-22(5-2)18-13-12-16(19(14-18)23-6-3)15-20-21-17-10-8-7-9-11-17/h7-15,21H,4-6H2,1-3H3. The second-order valence-corrected chi connectivity index (χ2v) is 5.06. The molecule has 0 aliphatic heterocycles. The highest BCUT2D eigenvalue weighted by molar-refractivity contribution is 5.85. The maximum atomic E-state index is 5.77. The molecule has 2 aromatic rings. The summed E-state index contributed by atoms with van der Waals surface area (Å²) in [6, 6.07) is 16.1. The van der Waals surface area contributed by atoms with Gasteiger partial charge in [0.1, 0.15) is 5.75 Å². The van der Waals surface area contributed by atoms with Crippen molar-refractivity contribution in [1.82, 2.24) is 0 Å². The molecule has 4 nitrogen and oxygen atoms in total. The van der Waals surface area contributed by atoms with E-state index in [0.717, 1.165) is 30.1 Å². The third kappa shape index (κ3) is 4.74. The van der Waals surface area contributed by atoms with Gasteiger partial charge in [-0.25, -0.2) is 0 Å². The summed E-state index contributed by atoms with van der Waals surface area (Å²) in [6.45, 7) is 8.89. The summed E-state index contributed by atoms with van der Waals surface area (Å²) in [5.41, 5.74) is 6.12. The quantitative estimate of drug-likeness (QED) is 0.581. The number of anilines is 2. The number of hydrogen-bond acceptors (Lipinski definition) is 4. The molecule has 0 radical (unpaired) electrons. The zero-order valence-electron chi connectivity index (χ0n) is 14.1. The predicted octanol–water partition coefficient (Wildman–Crippen LogP) is 4.38. The van der Waals surface area contributed by atoms with Crippen molar-refractivity contribution in [2.75, 3.05) is 30.0 Å². The average Bonchev–Trinajstić information content (AvgIpc) is 2.59. The summed E-state index contributed by atoms with van der Waals surface area (Å²) >= 11 is 0. The fourth-order valence-electron chi connectivity index (χ4n) is 2.38. The van der Waals surface area contributed by atoms with Crippen LogP contribution in [0.4, 0.5) is 11.4 Å². The van der Waals surface area contributed by atoms with Gasteiger partial charge in [0.2, 0.25) is 0 Å². The molecular weight excluding hydrogens is 286 g/mol. The summed E-state index contributed by atoms with van der Waals surface area (Å²) in [5, 5.41) is 4.30. The minimum absolute atomic E-state index is 0.634. The molecular formula is C19H25N3O. The van der Waals surface area contributed by atoms with Crippen LogP contribution in [0, 0.1) is 0 Å². The molecule has 0 amide bonds. The van der Waals surface area contributed by atoms with Crippen LogP contribution in [0.1, 0.15) is 26.3 Å². The van der Waals surface area contributed by atoms with Crippen molar-refractivity contribution in [1.29, 1.82) is 0 Å². The van der Waals surface area contributed by atoms with Crippen molar-refractivity contribution in [3.05, 3.63) is 54.1 Å². The molecule has 0 aliphatic rings. The summed E-state index contributed by atoms with van der Waals surface area (Å²) in [7, 11) is 0. The minimum atomic E-state index is 0.634. The largest absolute Gasteiger partial charge is 0.493 e. The third-order valence-electron chi connectivity index (χ3n) is 3.60. The van der Waals surface area contributed by atoms with E-state index in [1.54, 1.807) is 6.21 Å². The molecule has 2 rings (SSSR count). The van der Waals surface area contributed by atoms with Crippen molar-refractivity contribution in [2.45, 2.75) is 20.8 Å². The van der Waals surface area contributed by atoms with Crippen LogP contribution < -0.4 is 15.1 Å². The highest BCUT2D eigenvalue weighted by Gasteiger charge is 2.07. The number of nitrogens with zero attached hydrogens (tertiary/aromatic N) is 2. The Labute approximate surface area is 138 Å². The first kappa shape index (κ1) is 16.9. The number of benzene rings is 2. The van der Waals surface area contributed by atoms with Gasteiger partial charge in [0.25, 0.3) is 0 Å². The van der Waals surface area contributed by atoms with Crippen molar-refractivity contribution in [3.8, 4) is 5.75 Å². The van der Waals surface area contributed by atoms with Crippen molar-refractivity contribution in [3.63, 3.8) is 0 Å². The topological polar surface area (TPSA) is 36.9 Å². The number of rotatable bonds is 8. The van der Waals surface area contributed by atoms with Gasteiger partial charge in [-0.1, -0.05) is 18.2 Å². The Morgan fingerprint density at radius 1 is 1.04 bits per heavy atom. The number of hydrazone groups is 1. The lowest BCUT2D eigenvalue weighted by Crippen LogP contribution is -2.21. The average molecular weight is 311 g/mol. The molecule has 0 saturated heterocycles. The second kappa shape index (κ2) is 8.83. The molecule has 1 N–H and O–H groups in total. The fourth-order valence-corrected chi connectivity index (χ4v) is 2.38. The van der Waals surface area contributed by atoms with Gasteiger partial charge in [-0.05, 0) is 45.0 Å². The van der Waals surface area contributed by atoms with E-state index in [2.05, 4.69) is 47.5 Å². The minimum Gasteiger partial charge on any atom is -0.493 e. The van der Waals surface area contributed by atoms with Crippen LogP contribution in [0.5, 0.6) is 5.75 Å². The molecule has 23 heavy (non-hydrogen) atoms. The molecule has 0 unspecified atom stereocenters. The summed E-state index contributed by atoms with van der Waals surface area (Å²) in [5.74, 6) is 0.857. The molecule has 2 aromatic carbocycles. The Hall–Kier alpha value is -2.49. The highest BCUT2D eigenvalue weighted by Crippen LogP contribution is 2.25. The third-order valence-corrected chi connectivity index (χ3v) is 3.60. The monoisotopic (exact) mass is 311 g/mol. The van der Waals surface area contributed by atoms with Gasteiger partial charge >= 0.3 is 0 Å². The smallest absolute Gasteiger partial charge is 0.130 e. The number of para-hydroxylation sites is 1. The fraction of sp³-hybridized carbons (Fsp3) is 0.316. The molecule has 4 heteroatoms. The van der Waals surface area contributed by atoms with E-state index in [0.29, 0.717) is 6.61 Å². The van der Waals surface area contributed by atoms with E-state index < -0.39 is 0 Å². The molecule has 0 aliphatic carbocycles. The summed E-state index contributed by atoms with van der Waals surface area (Å²) < 4.78 is 5.77. The van der Waals surface area contributed by atoms with Gasteiger partial charge in [-0.3, -0.25) is 5.43 Å². The second-order valence-electron chi connectivity index (χ2n) is 5.06. The van der Waals surface area contributed by atoms with Crippen LogP contribution in [-0.4, -0.2) is 25.9 Å². The maximum Gasteiger partial charge on any atom is 0.130 e. The molecule has 122 valence electrons. The normalized spacial score (nSPS) is 10.7. The van der Waals surface area contributed by atoms with E-state index >= 15 is 0 Å². The SMILES string of the molecule is CCOc1cc(N(CC)CC)ccc1C=NNc1ccccc1. The highest BCUT2D eigenvalue weighted by atomic mass is 16.5. The molecule has 0 spiro atoms. The Morgan fingerprint density at radius 3 is 2.43 bits per heavy atom. The van der Waals surface area contributed by atoms with E-state index in [9.17, 15) is 0 Å². The number of nitrogens with one attached hydrogen (secondary N) is 1. The zero-order valence-corrected chi connectivity index (χ0v) is 14.1. The van der Waals surface area contributed by atoms with Gasteiger partial charge < -0.3 is 9.64 Å². The van der Waals surface area contributed by atoms with Gasteiger partial charge in [0.05, 0.1) is 18.5 Å². The Bertz CT molecular complexity index is 622. The van der Waals surface area contributed by atoms with Gasteiger partial charge in [0, 0.05) is 30.4 Å². The van der Waals surface area contributed by atoms with Gasteiger partial charge in [-0.2, -0.15) is 5.10 Å². The lowest BCUT2D eigenvalue weighted by atomic mass is 10.2. The maximum absolute atomic E-state index is 5.77. The van der Waals surface area contributed by atoms with Crippen LogP contribution in [0.2, 0.25) is 0 Å². The van der Waals surface area contributed by atoms with Crippen LogP contribution in [-0.2, 0) is 0 Å². The summed E-state index contributed by atoms with van der Waals surface area (Å²) in [4.78, 5) is 2.30. The van der Waals surface area contributed by atoms with E-state index in [4.69, 9.17) is 4.74 Å². The first-order valence-electron chi connectivity index (χ1n) is 8.14. The molecule has 0 fully saturated rings. The molecule has 0 aromatic heterocycles.